The largest absolute Gasteiger partial charge is 0.434 e. The van der Waals surface area contributed by atoms with Crippen molar-refractivity contribution in [2.75, 3.05) is 0 Å². The summed E-state index contributed by atoms with van der Waals surface area (Å²) in [7, 11) is 0. The number of aromatic nitrogens is 4. The lowest BCUT2D eigenvalue weighted by Gasteiger charge is -2.18. The van der Waals surface area contributed by atoms with Gasteiger partial charge in [0, 0.05) is 47.3 Å². The smallest absolute Gasteiger partial charge is 0.387 e. The lowest BCUT2D eigenvalue weighted by atomic mass is 9.94. The lowest BCUT2D eigenvalue weighted by molar-refractivity contribution is -0.0508. The molecule has 182 valence electrons. The molecule has 3 aromatic heterocycles. The van der Waals surface area contributed by atoms with Crippen molar-refractivity contribution in [3.63, 3.8) is 0 Å². The van der Waals surface area contributed by atoms with Gasteiger partial charge in [-0.15, -0.1) is 0 Å². The van der Waals surface area contributed by atoms with E-state index in [1.807, 2.05) is 0 Å². The minimum Gasteiger partial charge on any atom is -0.434 e. The number of benzene rings is 1. The summed E-state index contributed by atoms with van der Waals surface area (Å²) in [5.74, 6) is -2.49. The average molecular weight is 488 g/mol. The molecule has 0 saturated heterocycles. The van der Waals surface area contributed by atoms with Crippen molar-refractivity contribution in [2.45, 2.75) is 44.5 Å². The predicted octanol–water partition coefficient (Wildman–Crippen LogP) is 4.47. The Bertz CT molecular complexity index is 1420. The summed E-state index contributed by atoms with van der Waals surface area (Å²) in [6.45, 7) is -0.135. The molecule has 11 heteroatoms. The van der Waals surface area contributed by atoms with Gasteiger partial charge in [-0.25, -0.2) is 23.7 Å². The zero-order valence-corrected chi connectivity index (χ0v) is 18.6. The number of imidazole rings is 1. The van der Waals surface area contributed by atoms with Gasteiger partial charge < -0.3 is 19.4 Å². The maximum Gasteiger partial charge on any atom is 0.387 e. The molecule has 0 spiro atoms. The van der Waals surface area contributed by atoms with Crippen LogP contribution in [0.15, 0.2) is 42.9 Å². The number of fused-ring (bicyclic) bond motifs is 3. The van der Waals surface area contributed by atoms with Crippen molar-refractivity contribution >= 4 is 5.65 Å². The molecule has 2 unspecified atom stereocenters. The molecule has 0 saturated carbocycles. The van der Waals surface area contributed by atoms with E-state index in [-0.39, 0.29) is 40.5 Å². The molecule has 4 aromatic rings. The SMILES string of the molecule is CC(C)(O)c1ncc(-c2cn3c4c(nc3cc2F)C(O)CC4c2c(F)cccc2OC(F)F)cn1. The Morgan fingerprint density at radius 1 is 1.14 bits per heavy atom. The van der Waals surface area contributed by atoms with Crippen LogP contribution in [0.5, 0.6) is 5.75 Å². The second-order valence-electron chi connectivity index (χ2n) is 8.83. The van der Waals surface area contributed by atoms with Crippen LogP contribution in [0, 0.1) is 11.6 Å². The summed E-state index contributed by atoms with van der Waals surface area (Å²) in [5, 5.41) is 20.7. The van der Waals surface area contributed by atoms with E-state index < -0.39 is 35.9 Å². The molecule has 1 aliphatic carbocycles. The quantitative estimate of drug-likeness (QED) is 0.403. The van der Waals surface area contributed by atoms with Crippen LogP contribution in [0.3, 0.4) is 0 Å². The highest BCUT2D eigenvalue weighted by Crippen LogP contribution is 2.48. The molecule has 0 fully saturated rings. The fourth-order valence-corrected chi connectivity index (χ4v) is 4.44. The van der Waals surface area contributed by atoms with Crippen molar-refractivity contribution in [1.29, 1.82) is 0 Å². The third kappa shape index (κ3) is 4.00. The number of aliphatic hydroxyl groups excluding tert-OH is 1. The second kappa shape index (κ2) is 8.28. The Kier molecular flexibility index (Phi) is 5.48. The minimum absolute atomic E-state index is 0.0166. The summed E-state index contributed by atoms with van der Waals surface area (Å²) in [5.41, 5.74) is -0.329. The molecule has 5 rings (SSSR count). The van der Waals surface area contributed by atoms with Gasteiger partial charge in [0.2, 0.25) is 0 Å². The van der Waals surface area contributed by atoms with Gasteiger partial charge >= 0.3 is 6.61 Å². The zero-order valence-electron chi connectivity index (χ0n) is 18.6. The van der Waals surface area contributed by atoms with Crippen molar-refractivity contribution in [1.82, 2.24) is 19.4 Å². The highest BCUT2D eigenvalue weighted by atomic mass is 19.3. The van der Waals surface area contributed by atoms with Gasteiger partial charge in [-0.3, -0.25) is 0 Å². The van der Waals surface area contributed by atoms with E-state index in [0.717, 1.165) is 12.1 Å². The van der Waals surface area contributed by atoms with Gasteiger partial charge in [-0.05, 0) is 32.4 Å². The van der Waals surface area contributed by atoms with Crippen molar-refractivity contribution in [3.05, 3.63) is 77.3 Å². The Balaban J connectivity index is 1.66. The molecule has 0 radical (unpaired) electrons. The zero-order chi connectivity index (χ0) is 25.1. The fourth-order valence-electron chi connectivity index (χ4n) is 4.44. The van der Waals surface area contributed by atoms with Gasteiger partial charge in [0.05, 0.1) is 17.5 Å². The van der Waals surface area contributed by atoms with Gasteiger partial charge in [-0.1, -0.05) is 6.07 Å². The van der Waals surface area contributed by atoms with Crippen molar-refractivity contribution in [2.24, 2.45) is 0 Å². The van der Waals surface area contributed by atoms with Gasteiger partial charge in [0.1, 0.15) is 28.6 Å². The molecular weight excluding hydrogens is 468 g/mol. The van der Waals surface area contributed by atoms with Crippen molar-refractivity contribution < 1.29 is 32.5 Å². The van der Waals surface area contributed by atoms with Crippen molar-refractivity contribution in [3.8, 4) is 16.9 Å². The first kappa shape index (κ1) is 23.2. The first-order valence-electron chi connectivity index (χ1n) is 10.7. The molecule has 0 bridgehead atoms. The molecule has 0 amide bonds. The molecule has 2 N–H and O–H groups in total. The van der Waals surface area contributed by atoms with E-state index in [4.69, 9.17) is 0 Å². The number of ether oxygens (including phenoxy) is 1. The molecule has 2 atom stereocenters. The first-order chi connectivity index (χ1) is 16.5. The Morgan fingerprint density at radius 3 is 2.51 bits per heavy atom. The molecule has 1 aliphatic rings. The van der Waals surface area contributed by atoms with E-state index in [1.54, 1.807) is 0 Å². The maximum atomic E-state index is 15.0. The summed E-state index contributed by atoms with van der Waals surface area (Å²) in [6, 6.07) is 4.75. The van der Waals surface area contributed by atoms with E-state index in [2.05, 4.69) is 19.7 Å². The molecular formula is C24H20F4N4O3. The highest BCUT2D eigenvalue weighted by Gasteiger charge is 2.39. The third-order valence-electron chi connectivity index (χ3n) is 5.97. The Labute approximate surface area is 196 Å². The molecule has 3 heterocycles. The monoisotopic (exact) mass is 488 g/mol. The summed E-state index contributed by atoms with van der Waals surface area (Å²) < 4.78 is 61.9. The topological polar surface area (TPSA) is 92.8 Å². The van der Waals surface area contributed by atoms with Gasteiger partial charge in [0.25, 0.3) is 0 Å². The maximum absolute atomic E-state index is 15.0. The van der Waals surface area contributed by atoms with Gasteiger partial charge in [0.15, 0.2) is 5.82 Å². The highest BCUT2D eigenvalue weighted by molar-refractivity contribution is 5.65. The average Bonchev–Trinajstić information content (AvgIpc) is 3.29. The number of nitrogens with zero attached hydrogens (tertiary/aromatic N) is 4. The molecule has 7 nitrogen and oxygen atoms in total. The van der Waals surface area contributed by atoms with E-state index in [0.29, 0.717) is 11.3 Å². The number of hydrogen-bond acceptors (Lipinski definition) is 6. The van der Waals surface area contributed by atoms with Crippen LogP contribution in [0.25, 0.3) is 16.8 Å². The number of alkyl halides is 2. The molecule has 0 aliphatic heterocycles. The van der Waals surface area contributed by atoms with E-state index in [1.165, 1.54) is 49.0 Å². The molecule has 1 aromatic carbocycles. The predicted molar refractivity (Wildman–Crippen MR) is 116 cm³/mol. The summed E-state index contributed by atoms with van der Waals surface area (Å²) in [6.07, 6.45) is 3.00. The summed E-state index contributed by atoms with van der Waals surface area (Å²) >= 11 is 0. The first-order valence-corrected chi connectivity index (χ1v) is 10.7. The van der Waals surface area contributed by atoms with Crippen LogP contribution >= 0.6 is 0 Å². The Morgan fingerprint density at radius 2 is 1.86 bits per heavy atom. The van der Waals surface area contributed by atoms with Crippen LogP contribution < -0.4 is 4.74 Å². The second-order valence-corrected chi connectivity index (χ2v) is 8.83. The molecule has 35 heavy (non-hydrogen) atoms. The standard InChI is InChI=1S/C24H20F4N4O3/c1-24(2,34)22-29-8-11(9-30-22)13-10-32-18(7-15(13)26)31-20-16(33)6-12(21(20)32)19-14(25)4-3-5-17(19)35-23(27)28/h3-5,7-10,12,16,23,33-34H,6H2,1-2H3. The number of aliphatic hydroxyl groups is 2. The number of pyridine rings is 1. The fraction of sp³-hybridized carbons (Fsp3) is 0.292. The number of halogens is 4. The van der Waals surface area contributed by atoms with Crippen LogP contribution in [-0.2, 0) is 5.60 Å². The number of hydrogen-bond donors (Lipinski definition) is 2. The van der Waals surface area contributed by atoms with Gasteiger partial charge in [-0.2, -0.15) is 8.78 Å². The number of rotatable bonds is 5. The van der Waals surface area contributed by atoms with E-state index in [9.17, 15) is 23.4 Å². The van der Waals surface area contributed by atoms with Crippen LogP contribution in [0.4, 0.5) is 17.6 Å². The summed E-state index contributed by atoms with van der Waals surface area (Å²) in [4.78, 5) is 12.5. The normalized spacial score (nSPS) is 17.9. The van der Waals surface area contributed by atoms with E-state index >= 15 is 4.39 Å². The van der Waals surface area contributed by atoms with Crippen LogP contribution in [-0.4, -0.2) is 36.2 Å². The minimum atomic E-state index is -3.17. The van der Waals surface area contributed by atoms with Crippen LogP contribution in [0.1, 0.15) is 55.1 Å². The van der Waals surface area contributed by atoms with Crippen LogP contribution in [0.2, 0.25) is 0 Å². The lowest BCUT2D eigenvalue weighted by Crippen LogP contribution is -2.19. The third-order valence-corrected chi connectivity index (χ3v) is 5.97. The Hall–Kier alpha value is -3.57.